The molecule has 1 saturated heterocycles. The van der Waals surface area contributed by atoms with E-state index in [9.17, 15) is 8.42 Å². The van der Waals surface area contributed by atoms with Gasteiger partial charge >= 0.3 is 0 Å². The average molecular weight is 374 g/mol. The normalized spacial score (nSPS) is 19.6. The monoisotopic (exact) mass is 373 g/mol. The number of hydrogen-bond donors (Lipinski definition) is 3. The fourth-order valence-corrected chi connectivity index (χ4v) is 4.90. The van der Waals surface area contributed by atoms with E-state index in [-0.39, 0.29) is 0 Å². The molecule has 0 radical (unpaired) electrons. The molecule has 1 fully saturated rings. The zero-order valence-electron chi connectivity index (χ0n) is 14.3. The third-order valence-electron chi connectivity index (χ3n) is 4.10. The summed E-state index contributed by atoms with van der Waals surface area (Å²) >= 11 is 1.21. The molecule has 7 nitrogen and oxygen atoms in total. The van der Waals surface area contributed by atoms with Gasteiger partial charge in [0.15, 0.2) is 5.96 Å². The fourth-order valence-electron chi connectivity index (χ4n) is 2.83. The summed E-state index contributed by atoms with van der Waals surface area (Å²) in [5, 5.41) is 8.22. The topological polar surface area (TPSA) is 85.8 Å². The lowest BCUT2D eigenvalue weighted by Gasteiger charge is -2.24. The van der Waals surface area contributed by atoms with Gasteiger partial charge in [0, 0.05) is 32.7 Å². The largest absolute Gasteiger partial charge is 0.355 e. The number of likely N-dealkylation sites (tertiary alicyclic amines) is 1. The Morgan fingerprint density at radius 2 is 2.25 bits per heavy atom. The summed E-state index contributed by atoms with van der Waals surface area (Å²) < 4.78 is 26.9. The van der Waals surface area contributed by atoms with Crippen molar-refractivity contribution in [1.29, 1.82) is 0 Å². The Morgan fingerprint density at radius 1 is 1.42 bits per heavy atom. The summed E-state index contributed by atoms with van der Waals surface area (Å²) in [6.45, 7) is 6.07. The van der Waals surface area contributed by atoms with Gasteiger partial charge < -0.3 is 10.6 Å². The Labute approximate surface area is 148 Å². The molecule has 0 amide bonds. The smallest absolute Gasteiger partial charge is 0.250 e. The van der Waals surface area contributed by atoms with Gasteiger partial charge in [0.05, 0.1) is 0 Å². The number of nitrogens with zero attached hydrogens (tertiary/aromatic N) is 2. The molecule has 1 aliphatic heterocycles. The quantitative estimate of drug-likeness (QED) is 0.354. The van der Waals surface area contributed by atoms with E-state index in [0.29, 0.717) is 29.3 Å². The second kappa shape index (κ2) is 9.36. The molecule has 1 unspecified atom stereocenters. The molecule has 1 aromatic heterocycles. The van der Waals surface area contributed by atoms with Crippen molar-refractivity contribution in [2.75, 3.05) is 39.8 Å². The van der Waals surface area contributed by atoms with Crippen molar-refractivity contribution in [2.24, 2.45) is 4.99 Å². The highest BCUT2D eigenvalue weighted by atomic mass is 32.2. The highest BCUT2D eigenvalue weighted by molar-refractivity contribution is 7.91. The van der Waals surface area contributed by atoms with Crippen molar-refractivity contribution >= 4 is 27.3 Å². The van der Waals surface area contributed by atoms with Crippen LogP contribution in [0.1, 0.15) is 19.8 Å². The Kier molecular flexibility index (Phi) is 7.47. The first-order valence-electron chi connectivity index (χ1n) is 8.28. The minimum atomic E-state index is -3.40. The number of nitrogens with one attached hydrogen (secondary N) is 3. The molecule has 9 heteroatoms. The van der Waals surface area contributed by atoms with Gasteiger partial charge in [0.1, 0.15) is 4.21 Å². The maximum absolute atomic E-state index is 12.0. The van der Waals surface area contributed by atoms with Gasteiger partial charge in [0.25, 0.3) is 0 Å². The molecule has 1 aromatic rings. The van der Waals surface area contributed by atoms with E-state index in [1.807, 2.05) is 0 Å². The van der Waals surface area contributed by atoms with Crippen LogP contribution >= 0.6 is 11.3 Å². The average Bonchev–Trinajstić information content (AvgIpc) is 3.25. The van der Waals surface area contributed by atoms with E-state index < -0.39 is 10.0 Å². The minimum Gasteiger partial charge on any atom is -0.355 e. The number of aliphatic imine (C=N–C) groups is 1. The first-order chi connectivity index (χ1) is 11.6. The number of rotatable bonds is 8. The summed E-state index contributed by atoms with van der Waals surface area (Å²) in [5.41, 5.74) is 0. The van der Waals surface area contributed by atoms with Crippen molar-refractivity contribution in [1.82, 2.24) is 20.3 Å². The van der Waals surface area contributed by atoms with Crippen LogP contribution in [0.5, 0.6) is 0 Å². The minimum absolute atomic E-state index is 0.311. The van der Waals surface area contributed by atoms with E-state index in [0.717, 1.165) is 13.1 Å². The molecular formula is C15H27N5O2S2. The van der Waals surface area contributed by atoms with Gasteiger partial charge in [-0.1, -0.05) is 13.0 Å². The zero-order chi connectivity index (χ0) is 17.4. The molecule has 0 spiro atoms. The Bertz CT molecular complexity index is 616. The van der Waals surface area contributed by atoms with Gasteiger partial charge in [0.2, 0.25) is 10.0 Å². The fraction of sp³-hybridized carbons (Fsp3) is 0.667. The third-order valence-corrected chi connectivity index (χ3v) is 6.96. The summed E-state index contributed by atoms with van der Waals surface area (Å²) in [6, 6.07) is 3.87. The van der Waals surface area contributed by atoms with Crippen LogP contribution < -0.4 is 15.4 Å². The molecule has 24 heavy (non-hydrogen) atoms. The van der Waals surface area contributed by atoms with Crippen LogP contribution in [0.15, 0.2) is 26.7 Å². The molecule has 0 aromatic carbocycles. The Hall–Kier alpha value is -1.16. The third kappa shape index (κ3) is 5.44. The molecule has 2 heterocycles. The molecule has 136 valence electrons. The predicted molar refractivity (Wildman–Crippen MR) is 99.1 cm³/mol. The lowest BCUT2D eigenvalue weighted by atomic mass is 10.2. The SMILES string of the molecule is CCN1CCCC1CNC(=NC)NCCNS(=O)(=O)c1cccs1. The second-order valence-electron chi connectivity index (χ2n) is 5.63. The summed E-state index contributed by atoms with van der Waals surface area (Å²) in [5.74, 6) is 0.702. The van der Waals surface area contributed by atoms with Gasteiger partial charge in [-0.15, -0.1) is 11.3 Å². The summed E-state index contributed by atoms with van der Waals surface area (Å²) in [7, 11) is -1.68. The van der Waals surface area contributed by atoms with Crippen LogP contribution in [0, 0.1) is 0 Å². The van der Waals surface area contributed by atoms with E-state index in [1.54, 1.807) is 24.6 Å². The van der Waals surface area contributed by atoms with Crippen molar-refractivity contribution in [2.45, 2.75) is 30.0 Å². The zero-order valence-corrected chi connectivity index (χ0v) is 15.9. The highest BCUT2D eigenvalue weighted by Gasteiger charge is 2.22. The molecule has 1 atom stereocenters. The lowest BCUT2D eigenvalue weighted by Crippen LogP contribution is -2.46. The van der Waals surface area contributed by atoms with Crippen LogP contribution in [0.4, 0.5) is 0 Å². The number of likely N-dealkylation sites (N-methyl/N-ethyl adjacent to an activating group) is 1. The maximum Gasteiger partial charge on any atom is 0.250 e. The summed E-state index contributed by atoms with van der Waals surface area (Å²) in [4.78, 5) is 6.65. The predicted octanol–water partition coefficient (Wildman–Crippen LogP) is 0.676. The van der Waals surface area contributed by atoms with E-state index in [4.69, 9.17) is 0 Å². The van der Waals surface area contributed by atoms with Crippen LogP contribution in [-0.2, 0) is 10.0 Å². The molecule has 3 N–H and O–H groups in total. The van der Waals surface area contributed by atoms with Crippen LogP contribution in [-0.4, -0.2) is 65.1 Å². The first-order valence-corrected chi connectivity index (χ1v) is 10.6. The van der Waals surface area contributed by atoms with Crippen LogP contribution in [0.25, 0.3) is 0 Å². The lowest BCUT2D eigenvalue weighted by molar-refractivity contribution is 0.267. The number of sulfonamides is 1. The van der Waals surface area contributed by atoms with Crippen molar-refractivity contribution < 1.29 is 8.42 Å². The Morgan fingerprint density at radius 3 is 2.92 bits per heavy atom. The van der Waals surface area contributed by atoms with E-state index >= 15 is 0 Å². The van der Waals surface area contributed by atoms with E-state index in [1.165, 1.54) is 30.7 Å². The van der Waals surface area contributed by atoms with Crippen LogP contribution in [0.2, 0.25) is 0 Å². The molecule has 1 aliphatic rings. The van der Waals surface area contributed by atoms with Crippen molar-refractivity contribution in [3.8, 4) is 0 Å². The van der Waals surface area contributed by atoms with Crippen molar-refractivity contribution in [3.05, 3.63) is 17.5 Å². The van der Waals surface area contributed by atoms with Crippen LogP contribution in [0.3, 0.4) is 0 Å². The molecule has 0 aliphatic carbocycles. The Balaban J connectivity index is 1.68. The number of hydrogen-bond acceptors (Lipinski definition) is 5. The molecular weight excluding hydrogens is 346 g/mol. The molecule has 0 bridgehead atoms. The van der Waals surface area contributed by atoms with Gasteiger partial charge in [-0.25, -0.2) is 13.1 Å². The second-order valence-corrected chi connectivity index (χ2v) is 8.58. The van der Waals surface area contributed by atoms with Gasteiger partial charge in [-0.05, 0) is 37.4 Å². The number of thiophene rings is 1. The number of guanidine groups is 1. The first kappa shape index (κ1) is 19.2. The van der Waals surface area contributed by atoms with E-state index in [2.05, 4.69) is 32.2 Å². The maximum atomic E-state index is 12.0. The molecule has 0 saturated carbocycles. The summed E-state index contributed by atoms with van der Waals surface area (Å²) in [6.07, 6.45) is 2.45. The van der Waals surface area contributed by atoms with Crippen molar-refractivity contribution in [3.63, 3.8) is 0 Å². The van der Waals surface area contributed by atoms with Gasteiger partial charge in [-0.3, -0.25) is 9.89 Å². The molecule has 2 rings (SSSR count). The highest BCUT2D eigenvalue weighted by Crippen LogP contribution is 2.15. The standard InChI is InChI=1S/C15H27N5O2S2/c1-3-20-10-4-6-13(20)12-18-15(16-2)17-8-9-19-24(21,22)14-7-5-11-23-14/h5,7,11,13,19H,3-4,6,8-10,12H2,1-2H3,(H2,16,17,18). The van der Waals surface area contributed by atoms with Gasteiger partial charge in [-0.2, -0.15) is 0 Å².